The maximum atomic E-state index is 12.3. The van der Waals surface area contributed by atoms with E-state index in [1.807, 2.05) is 24.0 Å². The molecule has 0 spiro atoms. The van der Waals surface area contributed by atoms with Gasteiger partial charge in [0.1, 0.15) is 5.75 Å². The average molecular weight is 290 g/mol. The SMILES string of the molecule is CC1CC(C)CN(C(=O)NC(C)Cc2ccc(O)cc2)C1. The number of carbonyl (C=O) groups is 1. The predicted molar refractivity (Wildman–Crippen MR) is 84.3 cm³/mol. The van der Waals surface area contributed by atoms with Crippen LogP contribution in [0.5, 0.6) is 5.75 Å². The van der Waals surface area contributed by atoms with Crippen LogP contribution in [0.15, 0.2) is 24.3 Å². The molecule has 0 aliphatic carbocycles. The Labute approximate surface area is 127 Å². The van der Waals surface area contributed by atoms with Crippen LogP contribution in [-0.4, -0.2) is 35.2 Å². The molecular weight excluding hydrogens is 264 g/mol. The number of amides is 2. The molecule has 1 saturated heterocycles. The molecule has 0 saturated carbocycles. The average Bonchev–Trinajstić information content (AvgIpc) is 2.40. The van der Waals surface area contributed by atoms with Gasteiger partial charge in [0.15, 0.2) is 0 Å². The lowest BCUT2D eigenvalue weighted by Crippen LogP contribution is -2.50. The van der Waals surface area contributed by atoms with Gasteiger partial charge in [0.05, 0.1) is 0 Å². The third-order valence-corrected chi connectivity index (χ3v) is 4.00. The summed E-state index contributed by atoms with van der Waals surface area (Å²) in [6.07, 6.45) is 1.97. The molecule has 1 aromatic rings. The van der Waals surface area contributed by atoms with Gasteiger partial charge in [-0.25, -0.2) is 4.79 Å². The molecular formula is C17H26N2O2. The fourth-order valence-corrected chi connectivity index (χ4v) is 3.17. The summed E-state index contributed by atoms with van der Waals surface area (Å²) < 4.78 is 0. The van der Waals surface area contributed by atoms with Gasteiger partial charge in [-0.05, 0) is 49.3 Å². The number of phenolic OH excluding ortho intramolecular Hbond substituents is 1. The Morgan fingerprint density at radius 2 is 1.86 bits per heavy atom. The van der Waals surface area contributed by atoms with Crippen molar-refractivity contribution in [2.75, 3.05) is 13.1 Å². The molecule has 1 aliphatic rings. The van der Waals surface area contributed by atoms with Crippen LogP contribution in [0.25, 0.3) is 0 Å². The van der Waals surface area contributed by atoms with Crippen molar-refractivity contribution in [3.63, 3.8) is 0 Å². The van der Waals surface area contributed by atoms with Gasteiger partial charge in [-0.15, -0.1) is 0 Å². The van der Waals surface area contributed by atoms with Crippen molar-refractivity contribution in [1.29, 1.82) is 0 Å². The number of nitrogens with one attached hydrogen (secondary N) is 1. The lowest BCUT2D eigenvalue weighted by Gasteiger charge is -2.35. The molecule has 116 valence electrons. The summed E-state index contributed by atoms with van der Waals surface area (Å²) in [6.45, 7) is 8.12. The fraction of sp³-hybridized carbons (Fsp3) is 0.588. The van der Waals surface area contributed by atoms with Crippen LogP contribution in [0.4, 0.5) is 4.79 Å². The number of nitrogens with zero attached hydrogens (tertiary/aromatic N) is 1. The second-order valence-corrected chi connectivity index (χ2v) is 6.57. The zero-order valence-corrected chi connectivity index (χ0v) is 13.2. The molecule has 21 heavy (non-hydrogen) atoms. The van der Waals surface area contributed by atoms with Crippen molar-refractivity contribution in [2.24, 2.45) is 11.8 Å². The van der Waals surface area contributed by atoms with Crippen molar-refractivity contribution < 1.29 is 9.90 Å². The Bertz CT molecular complexity index is 462. The number of rotatable bonds is 3. The summed E-state index contributed by atoms with van der Waals surface area (Å²) in [6, 6.07) is 7.26. The first-order valence-corrected chi connectivity index (χ1v) is 7.77. The zero-order chi connectivity index (χ0) is 15.4. The molecule has 2 rings (SSSR count). The van der Waals surface area contributed by atoms with Gasteiger partial charge in [0, 0.05) is 19.1 Å². The lowest BCUT2D eigenvalue weighted by atomic mass is 9.92. The van der Waals surface area contributed by atoms with Crippen LogP contribution in [0, 0.1) is 11.8 Å². The molecule has 1 heterocycles. The first-order valence-electron chi connectivity index (χ1n) is 7.77. The number of hydrogen-bond acceptors (Lipinski definition) is 2. The summed E-state index contributed by atoms with van der Waals surface area (Å²) >= 11 is 0. The molecule has 3 atom stereocenters. The third kappa shape index (κ3) is 4.66. The standard InChI is InChI=1S/C17H26N2O2/c1-12-8-13(2)11-19(10-12)17(21)18-14(3)9-15-4-6-16(20)7-5-15/h4-7,12-14,20H,8-11H2,1-3H3,(H,18,21). The van der Waals surface area contributed by atoms with Crippen LogP contribution in [0.2, 0.25) is 0 Å². The number of phenols is 1. The summed E-state index contributed by atoms with van der Waals surface area (Å²) in [5.41, 5.74) is 1.11. The van der Waals surface area contributed by atoms with Gasteiger partial charge < -0.3 is 15.3 Å². The Morgan fingerprint density at radius 3 is 2.43 bits per heavy atom. The first kappa shape index (κ1) is 15.7. The van der Waals surface area contributed by atoms with E-state index in [4.69, 9.17) is 0 Å². The second kappa shape index (κ2) is 6.83. The van der Waals surface area contributed by atoms with Crippen LogP contribution < -0.4 is 5.32 Å². The predicted octanol–water partition coefficient (Wildman–Crippen LogP) is 3.01. The van der Waals surface area contributed by atoms with E-state index in [2.05, 4.69) is 19.2 Å². The molecule has 2 amide bonds. The molecule has 0 aromatic heterocycles. The number of piperidine rings is 1. The minimum atomic E-state index is 0.0414. The highest BCUT2D eigenvalue weighted by Crippen LogP contribution is 2.21. The minimum absolute atomic E-state index is 0.0414. The summed E-state index contributed by atoms with van der Waals surface area (Å²) in [5.74, 6) is 1.42. The van der Waals surface area contributed by atoms with Crippen LogP contribution in [-0.2, 0) is 6.42 Å². The Hall–Kier alpha value is -1.71. The Kier molecular flexibility index (Phi) is 5.10. The number of urea groups is 1. The summed E-state index contributed by atoms with van der Waals surface area (Å²) in [5, 5.41) is 12.4. The van der Waals surface area contributed by atoms with Crippen molar-refractivity contribution in [3.8, 4) is 5.75 Å². The quantitative estimate of drug-likeness (QED) is 0.899. The topological polar surface area (TPSA) is 52.6 Å². The Morgan fingerprint density at radius 1 is 1.29 bits per heavy atom. The fourth-order valence-electron chi connectivity index (χ4n) is 3.17. The summed E-state index contributed by atoms with van der Waals surface area (Å²) in [4.78, 5) is 14.3. The van der Waals surface area contributed by atoms with E-state index in [0.29, 0.717) is 11.8 Å². The molecule has 1 aliphatic heterocycles. The lowest BCUT2D eigenvalue weighted by molar-refractivity contribution is 0.144. The Balaban J connectivity index is 1.85. The van der Waals surface area contributed by atoms with E-state index >= 15 is 0 Å². The van der Waals surface area contributed by atoms with Crippen LogP contribution in [0.3, 0.4) is 0 Å². The van der Waals surface area contributed by atoms with E-state index in [1.165, 1.54) is 6.42 Å². The number of carbonyl (C=O) groups excluding carboxylic acids is 1. The van der Waals surface area contributed by atoms with Crippen molar-refractivity contribution in [1.82, 2.24) is 10.2 Å². The van der Waals surface area contributed by atoms with Crippen molar-refractivity contribution in [2.45, 2.75) is 39.7 Å². The normalized spacial score (nSPS) is 23.7. The van der Waals surface area contributed by atoms with E-state index in [1.54, 1.807) is 12.1 Å². The molecule has 1 aromatic carbocycles. The van der Waals surface area contributed by atoms with Crippen LogP contribution in [0.1, 0.15) is 32.8 Å². The maximum absolute atomic E-state index is 12.3. The smallest absolute Gasteiger partial charge is 0.317 e. The van der Waals surface area contributed by atoms with Gasteiger partial charge in [-0.1, -0.05) is 26.0 Å². The first-order chi connectivity index (χ1) is 9.94. The second-order valence-electron chi connectivity index (χ2n) is 6.57. The minimum Gasteiger partial charge on any atom is -0.508 e. The van der Waals surface area contributed by atoms with Gasteiger partial charge in [-0.2, -0.15) is 0 Å². The molecule has 1 fully saturated rings. The van der Waals surface area contributed by atoms with Gasteiger partial charge >= 0.3 is 6.03 Å². The van der Waals surface area contributed by atoms with E-state index in [-0.39, 0.29) is 17.8 Å². The van der Waals surface area contributed by atoms with Crippen molar-refractivity contribution >= 4 is 6.03 Å². The highest BCUT2D eigenvalue weighted by atomic mass is 16.3. The molecule has 2 N–H and O–H groups in total. The van der Waals surface area contributed by atoms with Crippen LogP contribution >= 0.6 is 0 Å². The van der Waals surface area contributed by atoms with E-state index < -0.39 is 0 Å². The number of aromatic hydroxyl groups is 1. The van der Waals surface area contributed by atoms with Crippen molar-refractivity contribution in [3.05, 3.63) is 29.8 Å². The number of likely N-dealkylation sites (tertiary alicyclic amines) is 1. The van der Waals surface area contributed by atoms with Gasteiger partial charge in [0.2, 0.25) is 0 Å². The van der Waals surface area contributed by atoms with E-state index in [9.17, 15) is 9.90 Å². The zero-order valence-electron chi connectivity index (χ0n) is 13.2. The number of benzene rings is 1. The molecule has 0 radical (unpaired) electrons. The monoisotopic (exact) mass is 290 g/mol. The van der Waals surface area contributed by atoms with Gasteiger partial charge in [-0.3, -0.25) is 0 Å². The third-order valence-electron chi connectivity index (χ3n) is 4.00. The molecule has 4 nitrogen and oxygen atoms in total. The highest BCUT2D eigenvalue weighted by Gasteiger charge is 2.25. The summed E-state index contributed by atoms with van der Waals surface area (Å²) in [7, 11) is 0. The maximum Gasteiger partial charge on any atom is 0.317 e. The number of hydrogen-bond donors (Lipinski definition) is 2. The highest BCUT2D eigenvalue weighted by molar-refractivity contribution is 5.74. The van der Waals surface area contributed by atoms with E-state index in [0.717, 1.165) is 25.1 Å². The van der Waals surface area contributed by atoms with Gasteiger partial charge in [0.25, 0.3) is 0 Å². The molecule has 4 heteroatoms. The molecule has 3 unspecified atom stereocenters. The molecule has 0 bridgehead atoms. The largest absolute Gasteiger partial charge is 0.508 e.